The molecule has 6 heteroatoms. The molecule has 1 aromatic carbocycles. The molecule has 0 fully saturated rings. The third-order valence-corrected chi connectivity index (χ3v) is 4.15. The number of likely N-dealkylation sites (N-methyl/N-ethyl adjacent to an activating group) is 1. The number of halogens is 2. The highest BCUT2D eigenvalue weighted by Gasteiger charge is 2.13. The zero-order valence-electron chi connectivity index (χ0n) is 11.7. The maximum absolute atomic E-state index is 12.1. The van der Waals surface area contributed by atoms with E-state index in [1.807, 2.05) is 30.9 Å². The van der Waals surface area contributed by atoms with Gasteiger partial charge in [0.05, 0.1) is 12.2 Å². The lowest BCUT2D eigenvalue weighted by atomic mass is 10.2. The molecule has 2 N–H and O–H groups in total. The fourth-order valence-electron chi connectivity index (χ4n) is 1.84. The molecule has 0 bridgehead atoms. The van der Waals surface area contributed by atoms with Gasteiger partial charge in [-0.3, -0.25) is 9.69 Å². The third kappa shape index (κ3) is 5.52. The maximum Gasteiger partial charge on any atom is 0.238 e. The van der Waals surface area contributed by atoms with Crippen molar-refractivity contribution in [2.24, 2.45) is 0 Å². The minimum atomic E-state index is -0.0601. The predicted molar refractivity (Wildman–Crippen MR) is 89.0 cm³/mol. The van der Waals surface area contributed by atoms with Gasteiger partial charge in [0.15, 0.2) is 0 Å². The summed E-state index contributed by atoms with van der Waals surface area (Å²) in [6.07, 6.45) is 0.680. The number of hydrogen-bond donors (Lipinski definition) is 2. The van der Waals surface area contributed by atoms with Crippen molar-refractivity contribution in [2.75, 3.05) is 31.6 Å². The number of aliphatic hydroxyl groups is 1. The Kier molecular flexibility index (Phi) is 7.72. The number of anilines is 1. The van der Waals surface area contributed by atoms with Crippen LogP contribution in [0.1, 0.15) is 18.9 Å². The zero-order valence-corrected chi connectivity index (χ0v) is 14.9. The minimum absolute atomic E-state index is 0.0601. The van der Waals surface area contributed by atoms with E-state index in [2.05, 4.69) is 37.2 Å². The number of carbonyl (C=O) groups is 1. The van der Waals surface area contributed by atoms with Crippen molar-refractivity contribution in [3.63, 3.8) is 0 Å². The number of nitrogens with one attached hydrogen (secondary N) is 1. The molecule has 112 valence electrons. The molecule has 0 saturated carbocycles. The predicted octanol–water partition coefficient (Wildman–Crippen LogP) is 3.16. The Balaban J connectivity index is 2.66. The summed E-state index contributed by atoms with van der Waals surface area (Å²) < 4.78 is 1.72. The Morgan fingerprint density at radius 1 is 1.35 bits per heavy atom. The normalized spacial score (nSPS) is 10.9. The van der Waals surface area contributed by atoms with E-state index in [1.165, 1.54) is 0 Å². The number of amides is 1. The summed E-state index contributed by atoms with van der Waals surface area (Å²) in [5.74, 6) is -0.0601. The smallest absolute Gasteiger partial charge is 0.238 e. The fraction of sp³-hybridized carbons (Fsp3) is 0.500. The number of nitrogens with zero attached hydrogens (tertiary/aromatic N) is 1. The van der Waals surface area contributed by atoms with Crippen LogP contribution in [0.2, 0.25) is 0 Å². The number of carbonyl (C=O) groups excluding carboxylic acids is 1. The van der Waals surface area contributed by atoms with Gasteiger partial charge in [0.25, 0.3) is 0 Å². The van der Waals surface area contributed by atoms with Crippen LogP contribution in [0.25, 0.3) is 0 Å². The van der Waals surface area contributed by atoms with Crippen LogP contribution in [0, 0.1) is 6.92 Å². The van der Waals surface area contributed by atoms with E-state index in [-0.39, 0.29) is 12.5 Å². The highest BCUT2D eigenvalue weighted by molar-refractivity contribution is 9.11. The van der Waals surface area contributed by atoms with Crippen molar-refractivity contribution in [2.45, 2.75) is 20.3 Å². The van der Waals surface area contributed by atoms with Gasteiger partial charge >= 0.3 is 0 Å². The van der Waals surface area contributed by atoms with E-state index in [0.717, 1.165) is 33.3 Å². The van der Waals surface area contributed by atoms with Gasteiger partial charge in [0, 0.05) is 22.1 Å². The first-order valence-electron chi connectivity index (χ1n) is 6.56. The van der Waals surface area contributed by atoms with Gasteiger partial charge in [-0.25, -0.2) is 0 Å². The molecule has 20 heavy (non-hydrogen) atoms. The SMILES string of the molecule is CCN(CCCO)CC(=O)Nc1c(Br)cc(C)cc1Br. The lowest BCUT2D eigenvalue weighted by Gasteiger charge is -2.20. The Morgan fingerprint density at radius 2 is 1.95 bits per heavy atom. The van der Waals surface area contributed by atoms with E-state index in [1.54, 1.807) is 0 Å². The second-order valence-electron chi connectivity index (χ2n) is 4.60. The van der Waals surface area contributed by atoms with Gasteiger partial charge in [-0.15, -0.1) is 0 Å². The Bertz CT molecular complexity index is 443. The highest BCUT2D eigenvalue weighted by Crippen LogP contribution is 2.32. The zero-order chi connectivity index (χ0) is 15.1. The fourth-order valence-corrected chi connectivity index (χ4v) is 3.46. The van der Waals surface area contributed by atoms with Crippen LogP contribution in [0.4, 0.5) is 5.69 Å². The molecule has 4 nitrogen and oxygen atoms in total. The first kappa shape index (κ1) is 17.6. The van der Waals surface area contributed by atoms with E-state index in [9.17, 15) is 4.79 Å². The molecule has 0 unspecified atom stereocenters. The number of aryl methyl sites for hydroxylation is 1. The lowest BCUT2D eigenvalue weighted by molar-refractivity contribution is -0.117. The highest BCUT2D eigenvalue weighted by atomic mass is 79.9. The van der Waals surface area contributed by atoms with Crippen LogP contribution in [0.15, 0.2) is 21.1 Å². The summed E-state index contributed by atoms with van der Waals surface area (Å²) in [7, 11) is 0. The average Bonchev–Trinajstić information content (AvgIpc) is 2.38. The van der Waals surface area contributed by atoms with Crippen molar-refractivity contribution in [1.82, 2.24) is 4.90 Å². The minimum Gasteiger partial charge on any atom is -0.396 e. The van der Waals surface area contributed by atoms with Gasteiger partial charge in [0.1, 0.15) is 0 Å². The molecule has 0 spiro atoms. The number of rotatable bonds is 7. The summed E-state index contributed by atoms with van der Waals surface area (Å²) >= 11 is 6.92. The van der Waals surface area contributed by atoms with Crippen LogP contribution in [-0.4, -0.2) is 42.2 Å². The van der Waals surface area contributed by atoms with Crippen molar-refractivity contribution in [3.05, 3.63) is 26.6 Å². The van der Waals surface area contributed by atoms with Crippen LogP contribution in [-0.2, 0) is 4.79 Å². The molecule has 0 aromatic heterocycles. The molecule has 1 rings (SSSR count). The summed E-state index contributed by atoms with van der Waals surface area (Å²) in [5, 5.41) is 11.7. The monoisotopic (exact) mass is 406 g/mol. The summed E-state index contributed by atoms with van der Waals surface area (Å²) in [6.45, 7) is 5.97. The van der Waals surface area contributed by atoms with E-state index >= 15 is 0 Å². The van der Waals surface area contributed by atoms with Crippen molar-refractivity contribution in [3.8, 4) is 0 Å². The standard InChI is InChI=1S/C14H20Br2N2O2/c1-3-18(5-4-6-19)9-13(20)17-14-11(15)7-10(2)8-12(14)16/h7-8,19H,3-6,9H2,1-2H3,(H,17,20). The first-order chi connectivity index (χ1) is 9.47. The molecule has 0 radical (unpaired) electrons. The third-order valence-electron chi connectivity index (χ3n) is 2.90. The molecule has 0 aliphatic heterocycles. The molecule has 1 aromatic rings. The number of benzene rings is 1. The molecular formula is C14H20Br2N2O2. The molecule has 0 saturated heterocycles. The molecule has 0 aliphatic rings. The van der Waals surface area contributed by atoms with Gasteiger partial charge in [0.2, 0.25) is 5.91 Å². The van der Waals surface area contributed by atoms with Crippen LogP contribution in [0.3, 0.4) is 0 Å². The molecular weight excluding hydrogens is 388 g/mol. The van der Waals surface area contributed by atoms with Gasteiger partial charge < -0.3 is 10.4 Å². The molecule has 0 heterocycles. The molecule has 1 amide bonds. The molecule has 0 atom stereocenters. The first-order valence-corrected chi connectivity index (χ1v) is 8.15. The Hall–Kier alpha value is -0.430. The van der Waals surface area contributed by atoms with Crippen molar-refractivity contribution < 1.29 is 9.90 Å². The topological polar surface area (TPSA) is 52.6 Å². The number of aliphatic hydroxyl groups excluding tert-OH is 1. The van der Waals surface area contributed by atoms with Gasteiger partial charge in [-0.2, -0.15) is 0 Å². The van der Waals surface area contributed by atoms with Gasteiger partial charge in [-0.05, 0) is 69.4 Å². The number of hydrogen-bond acceptors (Lipinski definition) is 3. The van der Waals surface area contributed by atoms with Crippen molar-refractivity contribution >= 4 is 43.5 Å². The lowest BCUT2D eigenvalue weighted by Crippen LogP contribution is -2.34. The summed E-state index contributed by atoms with van der Waals surface area (Å²) in [4.78, 5) is 14.1. The van der Waals surface area contributed by atoms with E-state index in [4.69, 9.17) is 5.11 Å². The van der Waals surface area contributed by atoms with Gasteiger partial charge in [-0.1, -0.05) is 6.92 Å². The average molecular weight is 408 g/mol. The largest absolute Gasteiger partial charge is 0.396 e. The Labute approximate surface area is 136 Å². The van der Waals surface area contributed by atoms with E-state index < -0.39 is 0 Å². The summed E-state index contributed by atoms with van der Waals surface area (Å²) in [5.41, 5.74) is 1.86. The van der Waals surface area contributed by atoms with Crippen LogP contribution in [0.5, 0.6) is 0 Å². The van der Waals surface area contributed by atoms with Crippen LogP contribution < -0.4 is 5.32 Å². The molecule has 0 aliphatic carbocycles. The summed E-state index contributed by atoms with van der Waals surface area (Å²) in [6, 6.07) is 3.92. The maximum atomic E-state index is 12.1. The second kappa shape index (κ2) is 8.77. The van der Waals surface area contributed by atoms with Crippen LogP contribution >= 0.6 is 31.9 Å². The van der Waals surface area contributed by atoms with Crippen molar-refractivity contribution in [1.29, 1.82) is 0 Å². The van der Waals surface area contributed by atoms with E-state index in [0.29, 0.717) is 13.0 Å². The second-order valence-corrected chi connectivity index (χ2v) is 6.31. The Morgan fingerprint density at radius 3 is 2.45 bits per heavy atom. The quantitative estimate of drug-likeness (QED) is 0.729.